The van der Waals surface area contributed by atoms with Gasteiger partial charge in [-0.3, -0.25) is 4.98 Å². The zero-order valence-corrected chi connectivity index (χ0v) is 16.4. The maximum atomic E-state index is 9.68. The number of anilines is 1. The summed E-state index contributed by atoms with van der Waals surface area (Å²) in [5.41, 5.74) is 5.51. The minimum absolute atomic E-state index is 0.0307. The van der Waals surface area contributed by atoms with Crippen molar-refractivity contribution >= 4 is 23.0 Å². The molecule has 1 aliphatic heterocycles. The van der Waals surface area contributed by atoms with Gasteiger partial charge in [0.1, 0.15) is 5.75 Å². The van der Waals surface area contributed by atoms with Gasteiger partial charge in [0.05, 0.1) is 17.8 Å². The smallest absolute Gasteiger partial charge is 0.174 e. The first kappa shape index (κ1) is 17.5. The number of phenols is 1. The molecule has 0 radical (unpaired) electrons. The lowest BCUT2D eigenvalue weighted by molar-refractivity contribution is 0.475. The Kier molecular flexibility index (Phi) is 4.36. The molecule has 0 amide bonds. The lowest BCUT2D eigenvalue weighted by Crippen LogP contribution is -2.29. The van der Waals surface area contributed by atoms with Crippen LogP contribution in [0.1, 0.15) is 34.7 Å². The summed E-state index contributed by atoms with van der Waals surface area (Å²) in [7, 11) is 2.08. The van der Waals surface area contributed by atoms with Crippen LogP contribution in [-0.2, 0) is 7.05 Å². The molecule has 2 aromatic heterocycles. The average molecular weight is 379 g/mol. The number of pyridine rings is 1. The molecule has 27 heavy (non-hydrogen) atoms. The molecular weight excluding hydrogens is 356 g/mol. The van der Waals surface area contributed by atoms with E-state index in [0.717, 1.165) is 11.4 Å². The molecule has 0 saturated carbocycles. The Morgan fingerprint density at radius 2 is 1.85 bits per heavy atom. The summed E-state index contributed by atoms with van der Waals surface area (Å²) in [6.45, 7) is 4.24. The number of nitrogens with one attached hydrogen (secondary N) is 1. The molecule has 0 spiro atoms. The maximum Gasteiger partial charge on any atom is 0.174 e. The Labute approximate surface area is 164 Å². The second-order valence-corrected chi connectivity index (χ2v) is 7.29. The molecule has 6 heteroatoms. The quantitative estimate of drug-likeness (QED) is 0.677. The van der Waals surface area contributed by atoms with Crippen molar-refractivity contribution in [3.05, 3.63) is 77.4 Å². The predicted octanol–water partition coefficient (Wildman–Crippen LogP) is 3.92. The molecule has 138 valence electrons. The van der Waals surface area contributed by atoms with Crippen molar-refractivity contribution in [3.63, 3.8) is 0 Å². The van der Waals surface area contributed by atoms with Crippen LogP contribution in [0.3, 0.4) is 0 Å². The Hall–Kier alpha value is -2.86. The molecule has 2 unspecified atom stereocenters. The SMILES string of the molecule is Cc1cc(C2C(c3ccccn3)NC(=S)N2c2ccc(O)cc2)c(C)n1C. The van der Waals surface area contributed by atoms with Crippen LogP contribution in [0.5, 0.6) is 5.75 Å². The summed E-state index contributed by atoms with van der Waals surface area (Å²) in [6.07, 6.45) is 1.81. The van der Waals surface area contributed by atoms with E-state index in [1.54, 1.807) is 12.1 Å². The van der Waals surface area contributed by atoms with E-state index in [0.29, 0.717) is 5.11 Å². The highest BCUT2D eigenvalue weighted by atomic mass is 32.1. The largest absolute Gasteiger partial charge is 0.508 e. The van der Waals surface area contributed by atoms with Crippen molar-refractivity contribution in [3.8, 4) is 5.75 Å². The number of phenolic OH excluding ortho intramolecular Hbond substituents is 1. The van der Waals surface area contributed by atoms with Gasteiger partial charge in [0, 0.05) is 30.3 Å². The lowest BCUT2D eigenvalue weighted by atomic mass is 9.96. The number of benzene rings is 1. The van der Waals surface area contributed by atoms with Gasteiger partial charge in [-0.2, -0.15) is 0 Å². The summed E-state index contributed by atoms with van der Waals surface area (Å²) in [4.78, 5) is 6.70. The van der Waals surface area contributed by atoms with Crippen LogP contribution in [0.15, 0.2) is 54.7 Å². The number of hydrogen-bond acceptors (Lipinski definition) is 3. The highest BCUT2D eigenvalue weighted by Gasteiger charge is 2.42. The second kappa shape index (κ2) is 6.70. The monoisotopic (exact) mass is 378 g/mol. The molecular formula is C21H22N4OS. The van der Waals surface area contributed by atoms with Crippen LogP contribution in [0.25, 0.3) is 0 Å². The van der Waals surface area contributed by atoms with E-state index < -0.39 is 0 Å². The topological polar surface area (TPSA) is 53.3 Å². The standard InChI is InChI=1S/C21H22N4OS/c1-13-12-17(14(2)24(13)3)20-19(18-6-4-5-11-22-18)23-21(27)25(20)15-7-9-16(26)10-8-15/h4-12,19-20,26H,1-3H3,(H,23,27). The van der Waals surface area contributed by atoms with E-state index in [4.69, 9.17) is 12.2 Å². The van der Waals surface area contributed by atoms with Gasteiger partial charge >= 0.3 is 0 Å². The Balaban J connectivity index is 1.87. The third-order valence-corrected chi connectivity index (χ3v) is 5.67. The number of hydrogen-bond donors (Lipinski definition) is 2. The van der Waals surface area contributed by atoms with Gasteiger partial charge in [-0.15, -0.1) is 0 Å². The van der Waals surface area contributed by atoms with Gasteiger partial charge in [-0.05, 0) is 74.1 Å². The van der Waals surface area contributed by atoms with Gasteiger partial charge < -0.3 is 19.9 Å². The van der Waals surface area contributed by atoms with Crippen molar-refractivity contribution in [2.75, 3.05) is 4.90 Å². The van der Waals surface area contributed by atoms with Crippen molar-refractivity contribution in [1.29, 1.82) is 0 Å². The third kappa shape index (κ3) is 2.96. The molecule has 4 rings (SSSR count). The number of nitrogens with zero attached hydrogens (tertiary/aromatic N) is 3. The minimum Gasteiger partial charge on any atom is -0.508 e. The summed E-state index contributed by atoms with van der Waals surface area (Å²) < 4.78 is 2.20. The van der Waals surface area contributed by atoms with Crippen LogP contribution in [0.2, 0.25) is 0 Å². The molecule has 3 aromatic rings. The first-order chi connectivity index (χ1) is 13.0. The number of aromatic hydroxyl groups is 1. The highest BCUT2D eigenvalue weighted by Crippen LogP contribution is 2.43. The van der Waals surface area contributed by atoms with Crippen LogP contribution in [0, 0.1) is 13.8 Å². The highest BCUT2D eigenvalue weighted by molar-refractivity contribution is 7.80. The molecule has 3 heterocycles. The minimum atomic E-state index is -0.0620. The first-order valence-electron chi connectivity index (χ1n) is 8.90. The van der Waals surface area contributed by atoms with Crippen molar-refractivity contribution in [2.24, 2.45) is 7.05 Å². The molecule has 1 saturated heterocycles. The summed E-state index contributed by atoms with van der Waals surface area (Å²) in [6, 6.07) is 15.2. The van der Waals surface area contributed by atoms with Crippen molar-refractivity contribution in [2.45, 2.75) is 25.9 Å². The van der Waals surface area contributed by atoms with Gasteiger partial charge in [0.25, 0.3) is 0 Å². The van der Waals surface area contributed by atoms with E-state index in [9.17, 15) is 5.11 Å². The number of rotatable bonds is 3. The van der Waals surface area contributed by atoms with E-state index >= 15 is 0 Å². The predicted molar refractivity (Wildman–Crippen MR) is 111 cm³/mol. The van der Waals surface area contributed by atoms with E-state index in [1.165, 1.54) is 17.0 Å². The van der Waals surface area contributed by atoms with Crippen molar-refractivity contribution < 1.29 is 5.11 Å². The fraction of sp³-hybridized carbons (Fsp3) is 0.238. The first-order valence-corrected chi connectivity index (χ1v) is 9.30. The van der Waals surface area contributed by atoms with E-state index in [2.05, 4.69) is 46.7 Å². The van der Waals surface area contributed by atoms with E-state index in [1.807, 2.05) is 36.5 Å². The number of thiocarbonyl (C=S) groups is 1. The number of aryl methyl sites for hydroxylation is 1. The molecule has 1 aliphatic rings. The molecule has 2 atom stereocenters. The van der Waals surface area contributed by atoms with Crippen LogP contribution in [0.4, 0.5) is 5.69 Å². The van der Waals surface area contributed by atoms with Crippen LogP contribution in [-0.4, -0.2) is 19.8 Å². The van der Waals surface area contributed by atoms with Gasteiger partial charge in [-0.1, -0.05) is 6.07 Å². The van der Waals surface area contributed by atoms with Crippen LogP contribution < -0.4 is 10.2 Å². The Morgan fingerprint density at radius 1 is 1.11 bits per heavy atom. The molecule has 0 bridgehead atoms. The average Bonchev–Trinajstić information content (AvgIpc) is 3.14. The fourth-order valence-electron chi connectivity index (χ4n) is 3.75. The fourth-order valence-corrected chi connectivity index (χ4v) is 4.09. The molecule has 1 aromatic carbocycles. The van der Waals surface area contributed by atoms with Crippen LogP contribution >= 0.6 is 12.2 Å². The summed E-state index contributed by atoms with van der Waals surface area (Å²) in [5.74, 6) is 0.237. The van der Waals surface area contributed by atoms with Gasteiger partial charge in [0.2, 0.25) is 0 Å². The Bertz CT molecular complexity index is 981. The van der Waals surface area contributed by atoms with E-state index in [-0.39, 0.29) is 17.8 Å². The summed E-state index contributed by atoms with van der Waals surface area (Å²) >= 11 is 5.71. The molecule has 2 N–H and O–H groups in total. The molecule has 5 nitrogen and oxygen atoms in total. The normalized spacial score (nSPS) is 19.4. The Morgan fingerprint density at radius 3 is 2.44 bits per heavy atom. The van der Waals surface area contributed by atoms with Gasteiger partial charge in [-0.25, -0.2) is 0 Å². The number of aromatic nitrogens is 2. The zero-order chi connectivity index (χ0) is 19.1. The van der Waals surface area contributed by atoms with Gasteiger partial charge in [0.15, 0.2) is 5.11 Å². The lowest BCUT2D eigenvalue weighted by Gasteiger charge is -2.28. The van der Waals surface area contributed by atoms with Crippen molar-refractivity contribution in [1.82, 2.24) is 14.9 Å². The molecule has 0 aliphatic carbocycles. The summed E-state index contributed by atoms with van der Waals surface area (Å²) in [5, 5.41) is 13.8. The zero-order valence-electron chi connectivity index (χ0n) is 15.5. The third-order valence-electron chi connectivity index (χ3n) is 5.36. The molecule has 1 fully saturated rings. The maximum absolute atomic E-state index is 9.68. The second-order valence-electron chi connectivity index (χ2n) is 6.90.